The van der Waals surface area contributed by atoms with Crippen LogP contribution in [0.3, 0.4) is 0 Å². The maximum atomic E-state index is 11.1. The van der Waals surface area contributed by atoms with E-state index in [0.717, 1.165) is 28.7 Å². The number of ether oxygens (including phenoxy) is 1. The molecule has 1 atom stereocenters. The van der Waals surface area contributed by atoms with Crippen LogP contribution in [0.15, 0.2) is 0 Å². The Hall–Kier alpha value is -1.14. The summed E-state index contributed by atoms with van der Waals surface area (Å²) in [5.41, 5.74) is 0.769. The standard InChI is InChI=1S/C12H18N2O3S/c1-3-17-7-6-14(2)12-13-10-8(11(15)16)4-5-9(10)18-12/h8H,3-7H2,1-2H3,(H,15,16). The van der Waals surface area contributed by atoms with Crippen molar-refractivity contribution in [2.24, 2.45) is 0 Å². The molecular weight excluding hydrogens is 252 g/mol. The molecule has 18 heavy (non-hydrogen) atoms. The van der Waals surface area contributed by atoms with Gasteiger partial charge in [0.2, 0.25) is 0 Å². The Morgan fingerprint density at radius 3 is 3.11 bits per heavy atom. The van der Waals surface area contributed by atoms with E-state index in [2.05, 4.69) is 4.98 Å². The van der Waals surface area contributed by atoms with Crippen molar-refractivity contribution >= 4 is 22.4 Å². The van der Waals surface area contributed by atoms with E-state index in [9.17, 15) is 4.79 Å². The molecule has 0 saturated carbocycles. The number of hydrogen-bond donors (Lipinski definition) is 1. The SMILES string of the molecule is CCOCCN(C)c1nc2c(s1)CCC2C(=O)O. The van der Waals surface area contributed by atoms with Crippen molar-refractivity contribution in [1.29, 1.82) is 0 Å². The van der Waals surface area contributed by atoms with Crippen LogP contribution in [0.5, 0.6) is 0 Å². The maximum absolute atomic E-state index is 11.1. The van der Waals surface area contributed by atoms with Gasteiger partial charge in [-0.05, 0) is 19.8 Å². The van der Waals surface area contributed by atoms with E-state index in [1.807, 2.05) is 18.9 Å². The highest BCUT2D eigenvalue weighted by atomic mass is 32.1. The molecule has 0 amide bonds. The van der Waals surface area contributed by atoms with Gasteiger partial charge in [0, 0.05) is 25.1 Å². The van der Waals surface area contributed by atoms with Crippen LogP contribution >= 0.6 is 11.3 Å². The van der Waals surface area contributed by atoms with Gasteiger partial charge in [-0.15, -0.1) is 11.3 Å². The summed E-state index contributed by atoms with van der Waals surface area (Å²) in [5, 5.41) is 10.0. The zero-order chi connectivity index (χ0) is 13.1. The topological polar surface area (TPSA) is 62.7 Å². The van der Waals surface area contributed by atoms with Crippen LogP contribution in [-0.4, -0.2) is 42.9 Å². The number of thiazole rings is 1. The number of likely N-dealkylation sites (N-methyl/N-ethyl adjacent to an activating group) is 1. The first-order chi connectivity index (χ1) is 8.63. The molecule has 1 N–H and O–H groups in total. The van der Waals surface area contributed by atoms with Crippen LogP contribution in [0.2, 0.25) is 0 Å². The number of rotatable bonds is 6. The lowest BCUT2D eigenvalue weighted by Crippen LogP contribution is -2.22. The quantitative estimate of drug-likeness (QED) is 0.798. The Labute approximate surface area is 110 Å². The van der Waals surface area contributed by atoms with E-state index in [1.165, 1.54) is 0 Å². The van der Waals surface area contributed by atoms with Crippen molar-refractivity contribution in [2.75, 3.05) is 31.7 Å². The predicted octanol–water partition coefficient (Wildman–Crippen LogP) is 1.73. The average molecular weight is 270 g/mol. The number of carbonyl (C=O) groups is 1. The van der Waals surface area contributed by atoms with E-state index < -0.39 is 11.9 Å². The van der Waals surface area contributed by atoms with Gasteiger partial charge in [0.1, 0.15) is 5.92 Å². The molecule has 0 aromatic carbocycles. The summed E-state index contributed by atoms with van der Waals surface area (Å²) in [6.07, 6.45) is 1.52. The molecular formula is C12H18N2O3S. The van der Waals surface area contributed by atoms with E-state index in [1.54, 1.807) is 11.3 Å². The molecule has 0 bridgehead atoms. The second-order valence-corrected chi connectivity index (χ2v) is 5.41. The summed E-state index contributed by atoms with van der Waals surface area (Å²) < 4.78 is 5.30. The molecule has 100 valence electrons. The zero-order valence-corrected chi connectivity index (χ0v) is 11.5. The monoisotopic (exact) mass is 270 g/mol. The van der Waals surface area contributed by atoms with E-state index in [-0.39, 0.29) is 0 Å². The van der Waals surface area contributed by atoms with Gasteiger partial charge in [-0.1, -0.05) is 0 Å². The number of anilines is 1. The molecule has 0 radical (unpaired) electrons. The van der Waals surface area contributed by atoms with E-state index in [4.69, 9.17) is 9.84 Å². The normalized spacial score (nSPS) is 17.8. The van der Waals surface area contributed by atoms with Crippen molar-refractivity contribution < 1.29 is 14.6 Å². The van der Waals surface area contributed by atoms with Gasteiger partial charge in [-0.25, -0.2) is 4.98 Å². The molecule has 1 aromatic rings. The number of aliphatic carboxylic acids is 1. The van der Waals surface area contributed by atoms with Gasteiger partial charge >= 0.3 is 5.97 Å². The molecule has 2 rings (SSSR count). The Kier molecular flexibility index (Phi) is 4.19. The molecule has 0 fully saturated rings. The molecule has 1 unspecified atom stereocenters. The Bertz CT molecular complexity index is 433. The highest BCUT2D eigenvalue weighted by Gasteiger charge is 2.32. The van der Waals surface area contributed by atoms with Gasteiger partial charge in [-0.3, -0.25) is 4.79 Å². The lowest BCUT2D eigenvalue weighted by Gasteiger charge is -2.15. The molecule has 0 spiro atoms. The predicted molar refractivity (Wildman–Crippen MR) is 70.6 cm³/mol. The Morgan fingerprint density at radius 1 is 1.67 bits per heavy atom. The lowest BCUT2D eigenvalue weighted by molar-refractivity contribution is -0.138. The number of nitrogens with zero attached hydrogens (tertiary/aromatic N) is 2. The van der Waals surface area contributed by atoms with Crippen molar-refractivity contribution in [3.63, 3.8) is 0 Å². The minimum atomic E-state index is -0.762. The van der Waals surface area contributed by atoms with Crippen molar-refractivity contribution in [2.45, 2.75) is 25.7 Å². The lowest BCUT2D eigenvalue weighted by atomic mass is 10.1. The van der Waals surface area contributed by atoms with Gasteiger partial charge in [-0.2, -0.15) is 0 Å². The third-order valence-electron chi connectivity index (χ3n) is 3.11. The number of carboxylic acids is 1. The van der Waals surface area contributed by atoms with Crippen LogP contribution in [0.4, 0.5) is 5.13 Å². The van der Waals surface area contributed by atoms with Crippen LogP contribution in [0, 0.1) is 0 Å². The molecule has 0 aliphatic heterocycles. The van der Waals surface area contributed by atoms with Gasteiger partial charge in [0.15, 0.2) is 5.13 Å². The first kappa shape index (κ1) is 13.3. The summed E-state index contributed by atoms with van der Waals surface area (Å²) in [6, 6.07) is 0. The Balaban J connectivity index is 2.04. The molecule has 0 saturated heterocycles. The minimum absolute atomic E-state index is 0.412. The summed E-state index contributed by atoms with van der Waals surface area (Å²) in [7, 11) is 1.96. The highest BCUT2D eigenvalue weighted by Crippen LogP contribution is 2.39. The van der Waals surface area contributed by atoms with Gasteiger partial charge in [0.05, 0.1) is 12.3 Å². The largest absolute Gasteiger partial charge is 0.481 e. The van der Waals surface area contributed by atoms with Crippen LogP contribution in [-0.2, 0) is 16.0 Å². The second kappa shape index (κ2) is 5.67. The molecule has 6 heteroatoms. The highest BCUT2D eigenvalue weighted by molar-refractivity contribution is 7.15. The number of aromatic nitrogens is 1. The minimum Gasteiger partial charge on any atom is -0.481 e. The fourth-order valence-electron chi connectivity index (χ4n) is 2.06. The molecule has 1 aliphatic rings. The smallest absolute Gasteiger partial charge is 0.312 e. The maximum Gasteiger partial charge on any atom is 0.312 e. The van der Waals surface area contributed by atoms with Crippen LogP contribution in [0.1, 0.15) is 29.8 Å². The summed E-state index contributed by atoms with van der Waals surface area (Å²) in [6.45, 7) is 4.12. The van der Waals surface area contributed by atoms with Crippen molar-refractivity contribution in [1.82, 2.24) is 4.98 Å². The van der Waals surface area contributed by atoms with Crippen LogP contribution in [0.25, 0.3) is 0 Å². The summed E-state index contributed by atoms with van der Waals surface area (Å²) >= 11 is 1.61. The van der Waals surface area contributed by atoms with Gasteiger partial charge < -0.3 is 14.7 Å². The first-order valence-corrected chi connectivity index (χ1v) is 6.96. The number of aryl methyl sites for hydroxylation is 1. The molecule has 5 nitrogen and oxygen atoms in total. The van der Waals surface area contributed by atoms with Crippen molar-refractivity contribution in [3.05, 3.63) is 10.6 Å². The summed E-state index contributed by atoms with van der Waals surface area (Å²) in [5.74, 6) is -1.17. The molecule has 1 aromatic heterocycles. The van der Waals surface area contributed by atoms with Crippen molar-refractivity contribution in [3.8, 4) is 0 Å². The average Bonchev–Trinajstić information content (AvgIpc) is 2.87. The fourth-order valence-corrected chi connectivity index (χ4v) is 3.18. The second-order valence-electron chi connectivity index (χ2n) is 4.35. The fraction of sp³-hybridized carbons (Fsp3) is 0.667. The number of carboxylic acid groups (broad SMARTS) is 1. The van der Waals surface area contributed by atoms with E-state index in [0.29, 0.717) is 19.6 Å². The van der Waals surface area contributed by atoms with Crippen LogP contribution < -0.4 is 4.90 Å². The summed E-state index contributed by atoms with van der Waals surface area (Å²) in [4.78, 5) is 18.7. The Morgan fingerprint density at radius 2 is 2.44 bits per heavy atom. The third kappa shape index (κ3) is 2.64. The first-order valence-electron chi connectivity index (χ1n) is 6.14. The zero-order valence-electron chi connectivity index (χ0n) is 10.7. The number of hydrogen-bond acceptors (Lipinski definition) is 5. The van der Waals surface area contributed by atoms with Gasteiger partial charge in [0.25, 0.3) is 0 Å². The third-order valence-corrected chi connectivity index (χ3v) is 4.35. The van der Waals surface area contributed by atoms with E-state index >= 15 is 0 Å². The number of fused-ring (bicyclic) bond motifs is 1. The molecule has 1 aliphatic carbocycles. The molecule has 1 heterocycles.